The summed E-state index contributed by atoms with van der Waals surface area (Å²) in [6.07, 6.45) is 3.24. The first-order valence-corrected chi connectivity index (χ1v) is 9.01. The van der Waals surface area contributed by atoms with E-state index in [1.54, 1.807) is 6.92 Å². The molecule has 0 aromatic heterocycles. The lowest BCUT2D eigenvalue weighted by Crippen LogP contribution is -2.42. The minimum Gasteiger partial charge on any atom is -0.381 e. The number of benzene rings is 1. The first kappa shape index (κ1) is 17.9. The Morgan fingerprint density at radius 2 is 1.52 bits per heavy atom. The van der Waals surface area contributed by atoms with E-state index in [9.17, 15) is 9.59 Å². The average Bonchev–Trinajstić information content (AvgIpc) is 2.65. The maximum Gasteiger partial charge on any atom is 0.227 e. The van der Waals surface area contributed by atoms with E-state index in [0.717, 1.165) is 37.1 Å². The van der Waals surface area contributed by atoms with Gasteiger partial charge in [0, 0.05) is 56.7 Å². The van der Waals surface area contributed by atoms with Gasteiger partial charge in [-0.05, 0) is 49.9 Å². The highest BCUT2D eigenvalue weighted by Crippen LogP contribution is 2.25. The minimum atomic E-state index is 0.0179. The number of carbonyl (C=O) groups is 2. The molecule has 0 radical (unpaired) electrons. The molecule has 1 aromatic carbocycles. The summed E-state index contributed by atoms with van der Waals surface area (Å²) in [7, 11) is 0. The minimum absolute atomic E-state index is 0.0179. The molecule has 1 aromatic rings. The number of hydrogen-bond donors (Lipinski definition) is 1. The Morgan fingerprint density at radius 3 is 2.08 bits per heavy atom. The molecular weight excluding hydrogens is 320 g/mol. The number of hydrogen-bond acceptors (Lipinski definition) is 4. The van der Waals surface area contributed by atoms with Gasteiger partial charge < -0.3 is 19.7 Å². The van der Waals surface area contributed by atoms with Gasteiger partial charge in [0.25, 0.3) is 0 Å². The molecule has 3 rings (SSSR count). The molecular formula is C19H26N2O4. The van der Waals surface area contributed by atoms with Crippen LogP contribution in [0, 0.1) is 5.92 Å². The molecule has 25 heavy (non-hydrogen) atoms. The average molecular weight is 346 g/mol. The summed E-state index contributed by atoms with van der Waals surface area (Å²) in [5.41, 5.74) is 1.62. The molecule has 0 spiro atoms. The van der Waals surface area contributed by atoms with Gasteiger partial charge in [-0.25, -0.2) is 0 Å². The van der Waals surface area contributed by atoms with Crippen molar-refractivity contribution in [1.82, 2.24) is 0 Å². The fourth-order valence-corrected chi connectivity index (χ4v) is 3.50. The molecule has 0 saturated carbocycles. The highest BCUT2D eigenvalue weighted by atomic mass is 16.5. The van der Waals surface area contributed by atoms with E-state index in [1.165, 1.54) is 0 Å². The summed E-state index contributed by atoms with van der Waals surface area (Å²) in [6.45, 7) is 4.27. The normalized spacial score (nSPS) is 19.4. The number of ether oxygens (including phenoxy) is 2. The van der Waals surface area contributed by atoms with Gasteiger partial charge in [0.05, 0.1) is 0 Å². The zero-order valence-corrected chi connectivity index (χ0v) is 14.7. The Morgan fingerprint density at radius 1 is 0.960 bits per heavy atom. The first-order valence-electron chi connectivity index (χ1n) is 9.01. The SMILES string of the molecule is CC(=O)N(c1ccc(NC(=O)C2CCOCC2)cc1)C1CCOCC1. The molecule has 136 valence electrons. The molecule has 6 nitrogen and oxygen atoms in total. The lowest BCUT2D eigenvalue weighted by molar-refractivity contribution is -0.122. The Bertz CT molecular complexity index is 590. The highest BCUT2D eigenvalue weighted by molar-refractivity contribution is 5.94. The molecule has 0 aliphatic carbocycles. The number of carbonyl (C=O) groups excluding carboxylic acids is 2. The third kappa shape index (κ3) is 4.58. The smallest absolute Gasteiger partial charge is 0.227 e. The van der Waals surface area contributed by atoms with Crippen molar-refractivity contribution in [3.8, 4) is 0 Å². The van der Waals surface area contributed by atoms with Gasteiger partial charge in [-0.1, -0.05) is 0 Å². The van der Waals surface area contributed by atoms with Crippen LogP contribution in [0.4, 0.5) is 11.4 Å². The number of rotatable bonds is 4. The van der Waals surface area contributed by atoms with Gasteiger partial charge in [-0.3, -0.25) is 9.59 Å². The van der Waals surface area contributed by atoms with Crippen LogP contribution in [0.15, 0.2) is 24.3 Å². The predicted octanol–water partition coefficient (Wildman–Crippen LogP) is 2.58. The van der Waals surface area contributed by atoms with Crippen molar-refractivity contribution in [2.24, 2.45) is 5.92 Å². The quantitative estimate of drug-likeness (QED) is 0.910. The van der Waals surface area contributed by atoms with E-state index in [0.29, 0.717) is 26.4 Å². The van der Waals surface area contributed by atoms with Crippen LogP contribution in [0.2, 0.25) is 0 Å². The Hall–Kier alpha value is -1.92. The van der Waals surface area contributed by atoms with Crippen molar-refractivity contribution in [1.29, 1.82) is 0 Å². The highest BCUT2D eigenvalue weighted by Gasteiger charge is 2.25. The molecule has 0 bridgehead atoms. The van der Waals surface area contributed by atoms with E-state index in [1.807, 2.05) is 29.2 Å². The monoisotopic (exact) mass is 346 g/mol. The van der Waals surface area contributed by atoms with Crippen LogP contribution < -0.4 is 10.2 Å². The lowest BCUT2D eigenvalue weighted by atomic mass is 9.99. The van der Waals surface area contributed by atoms with Gasteiger partial charge in [0.15, 0.2) is 0 Å². The molecule has 2 amide bonds. The van der Waals surface area contributed by atoms with Crippen molar-refractivity contribution < 1.29 is 19.1 Å². The van der Waals surface area contributed by atoms with Gasteiger partial charge in [-0.15, -0.1) is 0 Å². The van der Waals surface area contributed by atoms with Crippen molar-refractivity contribution in [2.75, 3.05) is 36.6 Å². The molecule has 2 heterocycles. The number of anilines is 2. The van der Waals surface area contributed by atoms with Crippen LogP contribution in [-0.4, -0.2) is 44.3 Å². The Labute approximate surface area is 148 Å². The molecule has 2 fully saturated rings. The van der Waals surface area contributed by atoms with Crippen molar-refractivity contribution in [3.63, 3.8) is 0 Å². The van der Waals surface area contributed by atoms with Crippen molar-refractivity contribution in [2.45, 2.75) is 38.6 Å². The van der Waals surface area contributed by atoms with Crippen LogP contribution in [0.1, 0.15) is 32.6 Å². The van der Waals surface area contributed by atoms with Gasteiger partial charge in [0.2, 0.25) is 11.8 Å². The summed E-state index contributed by atoms with van der Waals surface area (Å²) in [5, 5.41) is 2.97. The Kier molecular flexibility index (Phi) is 6.04. The lowest BCUT2D eigenvalue weighted by Gasteiger charge is -2.33. The Balaban J connectivity index is 1.65. The molecule has 2 saturated heterocycles. The summed E-state index contributed by atoms with van der Waals surface area (Å²) in [6, 6.07) is 7.70. The number of nitrogens with zero attached hydrogens (tertiary/aromatic N) is 1. The standard InChI is InChI=1S/C19H26N2O4/c1-14(22)21(18-8-12-25-13-9-18)17-4-2-16(3-5-17)20-19(23)15-6-10-24-11-7-15/h2-5,15,18H,6-13H2,1H3,(H,20,23). The van der Waals surface area contributed by atoms with Crippen LogP contribution in [0.3, 0.4) is 0 Å². The molecule has 6 heteroatoms. The van der Waals surface area contributed by atoms with E-state index in [2.05, 4.69) is 5.32 Å². The summed E-state index contributed by atoms with van der Waals surface area (Å²) in [5.74, 6) is 0.0965. The fraction of sp³-hybridized carbons (Fsp3) is 0.579. The third-order valence-electron chi connectivity index (χ3n) is 4.90. The molecule has 2 aliphatic heterocycles. The summed E-state index contributed by atoms with van der Waals surface area (Å²) >= 11 is 0. The second-order valence-corrected chi connectivity index (χ2v) is 6.66. The molecule has 2 aliphatic rings. The van der Waals surface area contributed by atoms with E-state index >= 15 is 0 Å². The second-order valence-electron chi connectivity index (χ2n) is 6.66. The predicted molar refractivity (Wildman–Crippen MR) is 95.6 cm³/mol. The summed E-state index contributed by atoms with van der Waals surface area (Å²) < 4.78 is 10.7. The van der Waals surface area contributed by atoms with E-state index in [-0.39, 0.29) is 23.8 Å². The van der Waals surface area contributed by atoms with Gasteiger partial charge >= 0.3 is 0 Å². The summed E-state index contributed by atoms with van der Waals surface area (Å²) in [4.78, 5) is 26.3. The molecule has 1 N–H and O–H groups in total. The van der Waals surface area contributed by atoms with E-state index in [4.69, 9.17) is 9.47 Å². The van der Waals surface area contributed by atoms with Crippen LogP contribution in [0.25, 0.3) is 0 Å². The van der Waals surface area contributed by atoms with Crippen LogP contribution >= 0.6 is 0 Å². The maximum atomic E-state index is 12.3. The van der Waals surface area contributed by atoms with Crippen LogP contribution in [0.5, 0.6) is 0 Å². The zero-order chi connectivity index (χ0) is 17.6. The third-order valence-corrected chi connectivity index (χ3v) is 4.90. The maximum absolute atomic E-state index is 12.3. The first-order chi connectivity index (χ1) is 12.1. The van der Waals surface area contributed by atoms with Crippen molar-refractivity contribution in [3.05, 3.63) is 24.3 Å². The largest absolute Gasteiger partial charge is 0.381 e. The number of nitrogens with one attached hydrogen (secondary N) is 1. The fourth-order valence-electron chi connectivity index (χ4n) is 3.50. The zero-order valence-electron chi connectivity index (χ0n) is 14.7. The van der Waals surface area contributed by atoms with Crippen molar-refractivity contribution >= 4 is 23.2 Å². The van der Waals surface area contributed by atoms with Crippen LogP contribution in [-0.2, 0) is 19.1 Å². The van der Waals surface area contributed by atoms with Gasteiger partial charge in [0.1, 0.15) is 0 Å². The topological polar surface area (TPSA) is 67.9 Å². The van der Waals surface area contributed by atoms with E-state index < -0.39 is 0 Å². The van der Waals surface area contributed by atoms with Gasteiger partial charge in [-0.2, -0.15) is 0 Å². The molecule has 0 atom stereocenters. The number of amides is 2. The molecule has 0 unspecified atom stereocenters. The second kappa shape index (κ2) is 8.45.